The smallest absolute Gasteiger partial charge is 0.274 e. The summed E-state index contributed by atoms with van der Waals surface area (Å²) in [5.74, 6) is 1.60. The second kappa shape index (κ2) is 12.4. The van der Waals surface area contributed by atoms with E-state index in [0.717, 1.165) is 33.8 Å². The van der Waals surface area contributed by atoms with Gasteiger partial charge in [-0.2, -0.15) is 11.8 Å². The molecule has 0 saturated carbocycles. The molecular weight excluding hydrogens is 454 g/mol. The van der Waals surface area contributed by atoms with Crippen LogP contribution in [0, 0.1) is 15.5 Å². The van der Waals surface area contributed by atoms with Crippen LogP contribution in [0.5, 0.6) is 0 Å². The fourth-order valence-corrected chi connectivity index (χ4v) is 5.61. The van der Waals surface area contributed by atoms with Gasteiger partial charge in [-0.25, -0.2) is 9.97 Å². The highest BCUT2D eigenvalue weighted by Gasteiger charge is 2.30. The summed E-state index contributed by atoms with van der Waals surface area (Å²) in [5.41, 5.74) is 1.73. The molecule has 0 aliphatic carbocycles. The van der Waals surface area contributed by atoms with Gasteiger partial charge in [0.15, 0.2) is 5.84 Å². The first-order valence-electron chi connectivity index (χ1n) is 9.82. The lowest BCUT2D eigenvalue weighted by molar-refractivity contribution is -0.503. The third-order valence-corrected chi connectivity index (χ3v) is 7.04. The van der Waals surface area contributed by atoms with Gasteiger partial charge in [0.2, 0.25) is 0 Å². The first-order chi connectivity index (χ1) is 14.7. The van der Waals surface area contributed by atoms with Crippen molar-refractivity contribution in [2.75, 3.05) is 47.5 Å². The fraction of sp³-hybridized carbons (Fsp3) is 0.632. The summed E-state index contributed by atoms with van der Waals surface area (Å²) in [6.07, 6.45) is 0.140. The van der Waals surface area contributed by atoms with Crippen LogP contribution in [0.25, 0.3) is 0 Å². The molecule has 0 aliphatic rings. The molecule has 0 spiro atoms. The normalized spacial score (nSPS) is 12.5. The molecule has 2 heterocycles. The summed E-state index contributed by atoms with van der Waals surface area (Å²) < 4.78 is 0. The van der Waals surface area contributed by atoms with E-state index in [1.807, 2.05) is 38.5 Å². The Hall–Kier alpha value is -1.60. The van der Waals surface area contributed by atoms with E-state index in [0.29, 0.717) is 18.8 Å². The zero-order valence-corrected chi connectivity index (χ0v) is 21.1. The van der Waals surface area contributed by atoms with Crippen LogP contribution in [0.3, 0.4) is 0 Å². The van der Waals surface area contributed by atoms with Gasteiger partial charge < -0.3 is 14.7 Å². The zero-order valence-electron chi connectivity index (χ0n) is 18.7. The molecule has 0 bridgehead atoms. The topological polar surface area (TPSA) is 102 Å². The van der Waals surface area contributed by atoms with Crippen molar-refractivity contribution in [1.29, 1.82) is 5.41 Å². The van der Waals surface area contributed by atoms with Crippen molar-refractivity contribution in [2.24, 2.45) is 0 Å². The maximum Gasteiger partial charge on any atom is 0.274 e. The zero-order chi connectivity index (χ0) is 23.0. The molecule has 1 unspecified atom stereocenters. The summed E-state index contributed by atoms with van der Waals surface area (Å²) in [6.45, 7) is 2.12. The van der Waals surface area contributed by atoms with Crippen molar-refractivity contribution in [3.05, 3.63) is 42.3 Å². The van der Waals surface area contributed by atoms with Crippen molar-refractivity contribution in [3.63, 3.8) is 0 Å². The van der Waals surface area contributed by atoms with Crippen LogP contribution in [0.15, 0.2) is 10.8 Å². The number of nitrogens with one attached hydrogen (secondary N) is 1. The van der Waals surface area contributed by atoms with Crippen LogP contribution in [-0.2, 0) is 25.3 Å². The molecule has 0 radical (unpaired) electrons. The van der Waals surface area contributed by atoms with Gasteiger partial charge in [-0.05, 0) is 28.2 Å². The molecule has 2 rings (SSSR count). The molecule has 0 aromatic carbocycles. The van der Waals surface area contributed by atoms with E-state index in [2.05, 4.69) is 20.2 Å². The molecular formula is C19H31N7O2S3. The Morgan fingerprint density at radius 2 is 1.65 bits per heavy atom. The van der Waals surface area contributed by atoms with E-state index in [-0.39, 0.29) is 17.2 Å². The fourth-order valence-electron chi connectivity index (χ4n) is 2.77. The number of thioether (sulfide) groups is 1. The predicted molar refractivity (Wildman–Crippen MR) is 130 cm³/mol. The Morgan fingerprint density at radius 3 is 2.19 bits per heavy atom. The van der Waals surface area contributed by atoms with Gasteiger partial charge in [0.25, 0.3) is 6.04 Å². The van der Waals surface area contributed by atoms with Gasteiger partial charge in [0.1, 0.15) is 10.0 Å². The SMILES string of the molecule is CN(C)Cc1nc(CSCCN(C)C(=N)C(Cc2csc(CN(C)C)n2)[N+](=O)[O-])cs1. The molecule has 0 saturated heterocycles. The molecule has 2 aromatic rings. The first kappa shape index (κ1) is 25.7. The standard InChI is InChI=1S/C19H31N7O2S3/c1-23(2)9-17-21-14(12-30-17)8-16(26(27)28)19(20)25(5)6-7-29-11-15-13-31-18(22-15)10-24(3)4/h12-13,16,20H,6-11H2,1-5H3. The van der Waals surface area contributed by atoms with Crippen molar-refractivity contribution in [3.8, 4) is 0 Å². The van der Waals surface area contributed by atoms with E-state index < -0.39 is 6.04 Å². The molecule has 0 amide bonds. The molecule has 0 fully saturated rings. The van der Waals surface area contributed by atoms with Crippen LogP contribution in [0.4, 0.5) is 0 Å². The summed E-state index contributed by atoms with van der Waals surface area (Å²) in [5, 5.41) is 25.9. The van der Waals surface area contributed by atoms with Crippen LogP contribution in [0.2, 0.25) is 0 Å². The minimum Gasteiger partial charge on any atom is -0.357 e. The van der Waals surface area contributed by atoms with E-state index in [1.54, 1.807) is 35.0 Å². The van der Waals surface area contributed by atoms with E-state index in [4.69, 9.17) is 5.41 Å². The minimum atomic E-state index is -1.09. The number of likely N-dealkylation sites (N-methyl/N-ethyl adjacent to an activating group) is 1. The monoisotopic (exact) mass is 485 g/mol. The molecule has 9 nitrogen and oxygen atoms in total. The van der Waals surface area contributed by atoms with E-state index in [9.17, 15) is 10.1 Å². The number of hydrogen-bond acceptors (Lipinski definition) is 10. The Kier molecular flexibility index (Phi) is 10.3. The van der Waals surface area contributed by atoms with Crippen molar-refractivity contribution >= 4 is 40.3 Å². The van der Waals surface area contributed by atoms with Gasteiger partial charge in [-0.3, -0.25) is 15.5 Å². The summed E-state index contributed by atoms with van der Waals surface area (Å²) in [7, 11) is 9.71. The minimum absolute atomic E-state index is 0.0229. The molecule has 172 valence electrons. The largest absolute Gasteiger partial charge is 0.357 e. The van der Waals surface area contributed by atoms with Crippen molar-refractivity contribution in [2.45, 2.75) is 31.3 Å². The van der Waals surface area contributed by atoms with Crippen molar-refractivity contribution < 1.29 is 4.92 Å². The van der Waals surface area contributed by atoms with E-state index >= 15 is 0 Å². The Balaban J connectivity index is 1.81. The van der Waals surface area contributed by atoms with Crippen LogP contribution in [-0.4, -0.2) is 89.0 Å². The second-order valence-corrected chi connectivity index (χ2v) is 10.8. The lowest BCUT2D eigenvalue weighted by Gasteiger charge is -2.21. The number of amidine groups is 1. The first-order valence-corrected chi connectivity index (χ1v) is 12.7. The number of hydrogen-bond donors (Lipinski definition) is 1. The predicted octanol–water partition coefficient (Wildman–Crippen LogP) is 2.75. The molecule has 1 N–H and O–H groups in total. The Bertz CT molecular complexity index is 853. The second-order valence-electron chi connectivity index (χ2n) is 7.81. The number of thiazole rings is 2. The highest BCUT2D eigenvalue weighted by Crippen LogP contribution is 2.18. The molecule has 12 heteroatoms. The van der Waals surface area contributed by atoms with Gasteiger partial charge in [0.05, 0.1) is 17.8 Å². The summed E-state index contributed by atoms with van der Waals surface area (Å²) >= 11 is 4.89. The lowest BCUT2D eigenvalue weighted by atomic mass is 10.1. The lowest BCUT2D eigenvalue weighted by Crippen LogP contribution is -2.42. The highest BCUT2D eigenvalue weighted by atomic mass is 32.2. The summed E-state index contributed by atoms with van der Waals surface area (Å²) in [6, 6.07) is -1.09. The molecule has 2 aromatic heterocycles. The highest BCUT2D eigenvalue weighted by molar-refractivity contribution is 7.98. The van der Waals surface area contributed by atoms with Crippen LogP contribution < -0.4 is 0 Å². The van der Waals surface area contributed by atoms with E-state index in [1.165, 1.54) is 11.3 Å². The molecule has 0 aliphatic heterocycles. The average molecular weight is 486 g/mol. The van der Waals surface area contributed by atoms with Crippen LogP contribution >= 0.6 is 34.4 Å². The third kappa shape index (κ3) is 8.81. The quantitative estimate of drug-likeness (QED) is 0.152. The van der Waals surface area contributed by atoms with Crippen molar-refractivity contribution in [1.82, 2.24) is 24.7 Å². The number of aromatic nitrogens is 2. The third-order valence-electron chi connectivity index (χ3n) is 4.31. The van der Waals surface area contributed by atoms with Gasteiger partial charge in [0, 0.05) is 53.9 Å². The maximum atomic E-state index is 11.6. The Labute approximate surface area is 196 Å². The van der Waals surface area contributed by atoms with Crippen LogP contribution in [0.1, 0.15) is 21.4 Å². The Morgan fingerprint density at radius 1 is 1.10 bits per heavy atom. The molecule has 31 heavy (non-hydrogen) atoms. The van der Waals surface area contributed by atoms with Gasteiger partial charge in [-0.15, -0.1) is 22.7 Å². The van der Waals surface area contributed by atoms with Gasteiger partial charge >= 0.3 is 0 Å². The average Bonchev–Trinajstić information content (AvgIpc) is 3.30. The van der Waals surface area contributed by atoms with Gasteiger partial charge in [-0.1, -0.05) is 0 Å². The number of rotatable bonds is 13. The number of nitro groups is 1. The summed E-state index contributed by atoms with van der Waals surface area (Å²) in [4.78, 5) is 26.1. The maximum absolute atomic E-state index is 11.6. The number of nitrogens with zero attached hydrogens (tertiary/aromatic N) is 6. The molecule has 1 atom stereocenters.